The average molecular weight is 258 g/mol. The van der Waals surface area contributed by atoms with Crippen molar-refractivity contribution < 1.29 is 4.79 Å². The topological polar surface area (TPSA) is 46.9 Å². The molecule has 1 heterocycles. The minimum Gasteiger partial charge on any atom is -0.352 e. The van der Waals surface area contributed by atoms with Gasteiger partial charge in [-0.05, 0) is 19.3 Å². The van der Waals surface area contributed by atoms with Gasteiger partial charge >= 0.3 is 0 Å². The van der Waals surface area contributed by atoms with Crippen LogP contribution in [0.25, 0.3) is 0 Å². The molecule has 1 rings (SSSR count). The van der Waals surface area contributed by atoms with E-state index < -0.39 is 0 Å². The second-order valence-electron chi connectivity index (χ2n) is 4.02. The maximum Gasteiger partial charge on any atom is 0.254 e. The standard InChI is InChI=1S/C12H20ClN3O/c1-3-11-10(9-16(2)15-11)12(17)14-8-6-4-5-7-13/h9H,3-8H2,1-2H3,(H,14,17). The Bertz CT molecular complexity index is 363. The van der Waals surface area contributed by atoms with E-state index in [0.29, 0.717) is 18.0 Å². The highest BCUT2D eigenvalue weighted by atomic mass is 35.5. The van der Waals surface area contributed by atoms with E-state index in [1.165, 1.54) is 0 Å². The van der Waals surface area contributed by atoms with Gasteiger partial charge in [-0.1, -0.05) is 13.3 Å². The van der Waals surface area contributed by atoms with Crippen LogP contribution in [0.4, 0.5) is 0 Å². The number of nitrogens with zero attached hydrogens (tertiary/aromatic N) is 2. The number of halogens is 1. The molecule has 1 N–H and O–H groups in total. The minimum atomic E-state index is -0.0270. The largest absolute Gasteiger partial charge is 0.352 e. The van der Waals surface area contributed by atoms with Gasteiger partial charge in [-0.3, -0.25) is 9.48 Å². The predicted molar refractivity (Wildman–Crippen MR) is 69.5 cm³/mol. The second kappa shape index (κ2) is 7.33. The molecule has 0 radical (unpaired) electrons. The molecule has 0 saturated carbocycles. The molecule has 96 valence electrons. The number of carbonyl (C=O) groups is 1. The van der Waals surface area contributed by atoms with Crippen LogP contribution in [0, 0.1) is 0 Å². The molecule has 1 aromatic heterocycles. The smallest absolute Gasteiger partial charge is 0.254 e. The lowest BCUT2D eigenvalue weighted by Gasteiger charge is -2.03. The summed E-state index contributed by atoms with van der Waals surface area (Å²) in [5, 5.41) is 7.16. The van der Waals surface area contributed by atoms with Crippen LogP contribution in [-0.2, 0) is 13.5 Å². The molecular formula is C12H20ClN3O. The molecule has 0 bridgehead atoms. The van der Waals surface area contributed by atoms with E-state index in [1.54, 1.807) is 10.9 Å². The molecule has 0 aliphatic heterocycles. The summed E-state index contributed by atoms with van der Waals surface area (Å²) in [6, 6.07) is 0. The van der Waals surface area contributed by atoms with Crippen molar-refractivity contribution in [1.29, 1.82) is 0 Å². The summed E-state index contributed by atoms with van der Waals surface area (Å²) >= 11 is 5.58. The summed E-state index contributed by atoms with van der Waals surface area (Å²) in [7, 11) is 1.83. The lowest BCUT2D eigenvalue weighted by Crippen LogP contribution is -2.25. The Balaban J connectivity index is 2.41. The summed E-state index contributed by atoms with van der Waals surface area (Å²) in [5.74, 6) is 0.664. The minimum absolute atomic E-state index is 0.0270. The first-order valence-electron chi connectivity index (χ1n) is 6.05. The van der Waals surface area contributed by atoms with Gasteiger partial charge in [-0.2, -0.15) is 5.10 Å². The monoisotopic (exact) mass is 257 g/mol. The fourth-order valence-corrected chi connectivity index (χ4v) is 1.87. The van der Waals surface area contributed by atoms with Crippen molar-refractivity contribution in [2.75, 3.05) is 12.4 Å². The number of carbonyl (C=O) groups excluding carboxylic acids is 1. The fourth-order valence-electron chi connectivity index (χ4n) is 1.68. The SMILES string of the molecule is CCc1nn(C)cc1C(=O)NCCCCCCl. The fraction of sp³-hybridized carbons (Fsp3) is 0.667. The van der Waals surface area contributed by atoms with Gasteiger partial charge in [0.05, 0.1) is 11.3 Å². The zero-order valence-corrected chi connectivity index (χ0v) is 11.3. The molecule has 17 heavy (non-hydrogen) atoms. The van der Waals surface area contributed by atoms with Crippen LogP contribution < -0.4 is 5.32 Å². The highest BCUT2D eigenvalue weighted by Crippen LogP contribution is 2.07. The Kier molecular flexibility index (Phi) is 6.05. The Morgan fingerprint density at radius 1 is 1.47 bits per heavy atom. The van der Waals surface area contributed by atoms with E-state index in [1.807, 2.05) is 14.0 Å². The molecule has 0 aromatic carbocycles. The average Bonchev–Trinajstić information content (AvgIpc) is 2.70. The summed E-state index contributed by atoms with van der Waals surface area (Å²) in [5.41, 5.74) is 1.54. The Morgan fingerprint density at radius 3 is 2.88 bits per heavy atom. The van der Waals surface area contributed by atoms with Crippen LogP contribution in [0.15, 0.2) is 6.20 Å². The number of alkyl halides is 1. The summed E-state index contributed by atoms with van der Waals surface area (Å²) in [4.78, 5) is 11.9. The molecule has 4 nitrogen and oxygen atoms in total. The van der Waals surface area contributed by atoms with E-state index >= 15 is 0 Å². The number of hydrogen-bond donors (Lipinski definition) is 1. The maximum absolute atomic E-state index is 11.9. The number of hydrogen-bond acceptors (Lipinski definition) is 2. The molecule has 0 fully saturated rings. The van der Waals surface area contributed by atoms with E-state index in [2.05, 4.69) is 10.4 Å². The normalized spacial score (nSPS) is 10.5. The zero-order chi connectivity index (χ0) is 12.7. The Morgan fingerprint density at radius 2 is 2.24 bits per heavy atom. The van der Waals surface area contributed by atoms with Crippen LogP contribution in [0.5, 0.6) is 0 Å². The third-order valence-corrected chi connectivity index (χ3v) is 2.85. The van der Waals surface area contributed by atoms with Crippen LogP contribution in [0.3, 0.4) is 0 Å². The Hall–Kier alpha value is -1.03. The van der Waals surface area contributed by atoms with Crippen molar-refractivity contribution in [1.82, 2.24) is 15.1 Å². The molecule has 0 unspecified atom stereocenters. The highest BCUT2D eigenvalue weighted by molar-refractivity contribution is 6.17. The second-order valence-corrected chi connectivity index (χ2v) is 4.40. The van der Waals surface area contributed by atoms with Crippen LogP contribution in [-0.4, -0.2) is 28.1 Å². The Labute approximate surface area is 107 Å². The van der Waals surface area contributed by atoms with E-state index in [9.17, 15) is 4.79 Å². The van der Waals surface area contributed by atoms with Gasteiger partial charge in [0.1, 0.15) is 0 Å². The molecule has 0 aliphatic rings. The summed E-state index contributed by atoms with van der Waals surface area (Å²) in [6.45, 7) is 2.70. The lowest BCUT2D eigenvalue weighted by molar-refractivity contribution is 0.0952. The number of aromatic nitrogens is 2. The summed E-state index contributed by atoms with van der Waals surface area (Å²) in [6.07, 6.45) is 5.57. The van der Waals surface area contributed by atoms with Gasteiger partial charge in [0.25, 0.3) is 5.91 Å². The molecule has 1 aromatic rings. The van der Waals surface area contributed by atoms with Crippen molar-refractivity contribution in [2.45, 2.75) is 32.6 Å². The molecule has 0 aliphatic carbocycles. The van der Waals surface area contributed by atoms with Gasteiger partial charge in [-0.15, -0.1) is 11.6 Å². The van der Waals surface area contributed by atoms with Crippen molar-refractivity contribution >= 4 is 17.5 Å². The first-order valence-corrected chi connectivity index (χ1v) is 6.59. The van der Waals surface area contributed by atoms with Gasteiger partial charge in [0.15, 0.2) is 0 Å². The third-order valence-electron chi connectivity index (χ3n) is 2.58. The first-order chi connectivity index (χ1) is 8.19. The quantitative estimate of drug-likeness (QED) is 0.601. The molecular weight excluding hydrogens is 238 g/mol. The molecule has 0 spiro atoms. The predicted octanol–water partition coefficient (Wildman–Crippen LogP) is 2.12. The summed E-state index contributed by atoms with van der Waals surface area (Å²) < 4.78 is 1.68. The van der Waals surface area contributed by atoms with Gasteiger partial charge in [0, 0.05) is 25.7 Å². The molecule has 0 saturated heterocycles. The molecule has 1 amide bonds. The van der Waals surface area contributed by atoms with Crippen LogP contribution in [0.1, 0.15) is 42.2 Å². The first kappa shape index (κ1) is 14.0. The van der Waals surface area contributed by atoms with Crippen LogP contribution >= 0.6 is 11.6 Å². The number of nitrogens with one attached hydrogen (secondary N) is 1. The molecule has 0 atom stereocenters. The van der Waals surface area contributed by atoms with Crippen molar-refractivity contribution in [2.24, 2.45) is 7.05 Å². The lowest BCUT2D eigenvalue weighted by atomic mass is 10.2. The third kappa shape index (κ3) is 4.38. The van der Waals surface area contributed by atoms with Gasteiger partial charge in [-0.25, -0.2) is 0 Å². The maximum atomic E-state index is 11.9. The van der Waals surface area contributed by atoms with E-state index in [4.69, 9.17) is 11.6 Å². The number of amides is 1. The van der Waals surface area contributed by atoms with Crippen molar-refractivity contribution in [3.8, 4) is 0 Å². The number of unbranched alkanes of at least 4 members (excludes halogenated alkanes) is 2. The molecule has 5 heteroatoms. The van der Waals surface area contributed by atoms with Gasteiger partial charge in [0.2, 0.25) is 0 Å². The number of rotatable bonds is 7. The zero-order valence-electron chi connectivity index (χ0n) is 10.5. The van der Waals surface area contributed by atoms with Crippen molar-refractivity contribution in [3.63, 3.8) is 0 Å². The highest BCUT2D eigenvalue weighted by Gasteiger charge is 2.13. The van der Waals surface area contributed by atoms with Crippen molar-refractivity contribution in [3.05, 3.63) is 17.5 Å². The van der Waals surface area contributed by atoms with Gasteiger partial charge < -0.3 is 5.32 Å². The van der Waals surface area contributed by atoms with Crippen LogP contribution in [0.2, 0.25) is 0 Å². The van der Waals surface area contributed by atoms with E-state index in [-0.39, 0.29) is 5.91 Å². The number of aryl methyl sites for hydroxylation is 2. The van der Waals surface area contributed by atoms with E-state index in [0.717, 1.165) is 31.4 Å².